The number of benzene rings is 2. The number of aryl methyl sites for hydroxylation is 1. The van der Waals surface area contributed by atoms with Crippen LogP contribution in [0.3, 0.4) is 0 Å². The first-order valence-electron chi connectivity index (χ1n) is 8.21. The van der Waals surface area contributed by atoms with Crippen molar-refractivity contribution in [3.8, 4) is 0 Å². The fourth-order valence-corrected chi connectivity index (χ4v) is 5.41. The lowest BCUT2D eigenvalue weighted by Gasteiger charge is -2.34. The average molecular weight is 431 g/mol. The SMILES string of the molecule is Cc1ccc(C(=O)N2CCN(S(=O)(=O)c3c(Cl)cccc3Cl)CC2)cc1F. The molecule has 2 aromatic carbocycles. The second-order valence-corrected chi connectivity index (χ2v) is 8.90. The van der Waals surface area contributed by atoms with Gasteiger partial charge in [-0.1, -0.05) is 35.3 Å². The summed E-state index contributed by atoms with van der Waals surface area (Å²) < 4.78 is 40.7. The van der Waals surface area contributed by atoms with E-state index in [1.165, 1.54) is 27.4 Å². The standard InChI is InChI=1S/C18H17Cl2FN2O3S/c1-12-5-6-13(11-16(12)21)18(24)22-7-9-23(10-8-22)27(25,26)17-14(19)3-2-4-15(17)20/h2-6,11H,7-10H2,1H3. The average Bonchev–Trinajstić information content (AvgIpc) is 2.63. The monoisotopic (exact) mass is 430 g/mol. The van der Waals surface area contributed by atoms with Gasteiger partial charge in [-0.05, 0) is 36.8 Å². The number of hydrogen-bond acceptors (Lipinski definition) is 3. The van der Waals surface area contributed by atoms with Gasteiger partial charge in [-0.3, -0.25) is 4.79 Å². The van der Waals surface area contributed by atoms with Crippen molar-refractivity contribution < 1.29 is 17.6 Å². The normalized spacial score (nSPS) is 15.8. The summed E-state index contributed by atoms with van der Waals surface area (Å²) in [5.41, 5.74) is 0.697. The summed E-state index contributed by atoms with van der Waals surface area (Å²) in [6, 6.07) is 8.80. The maximum atomic E-state index is 13.7. The molecule has 0 atom stereocenters. The van der Waals surface area contributed by atoms with Crippen molar-refractivity contribution in [2.75, 3.05) is 26.2 Å². The summed E-state index contributed by atoms with van der Waals surface area (Å²) in [4.78, 5) is 13.9. The molecule has 9 heteroatoms. The second kappa shape index (κ2) is 7.75. The number of amides is 1. The van der Waals surface area contributed by atoms with Gasteiger partial charge in [-0.25, -0.2) is 12.8 Å². The number of carbonyl (C=O) groups is 1. The first kappa shape index (κ1) is 20.1. The third kappa shape index (κ3) is 3.96. The van der Waals surface area contributed by atoms with Crippen molar-refractivity contribution in [2.45, 2.75) is 11.8 Å². The van der Waals surface area contributed by atoms with Crippen molar-refractivity contribution in [2.24, 2.45) is 0 Å². The third-order valence-electron chi connectivity index (χ3n) is 4.46. The molecule has 1 saturated heterocycles. The Morgan fingerprint density at radius 2 is 1.63 bits per heavy atom. The Balaban J connectivity index is 1.75. The topological polar surface area (TPSA) is 57.7 Å². The summed E-state index contributed by atoms with van der Waals surface area (Å²) in [7, 11) is -3.88. The van der Waals surface area contributed by atoms with Gasteiger partial charge >= 0.3 is 0 Å². The molecule has 0 aromatic heterocycles. The van der Waals surface area contributed by atoms with E-state index in [0.717, 1.165) is 0 Å². The highest BCUT2D eigenvalue weighted by Crippen LogP contribution is 2.32. The van der Waals surface area contributed by atoms with Crippen LogP contribution in [0.25, 0.3) is 0 Å². The number of hydrogen-bond donors (Lipinski definition) is 0. The quantitative estimate of drug-likeness (QED) is 0.747. The van der Waals surface area contributed by atoms with E-state index >= 15 is 0 Å². The molecule has 0 radical (unpaired) electrons. The van der Waals surface area contributed by atoms with Crippen LogP contribution in [0.1, 0.15) is 15.9 Å². The van der Waals surface area contributed by atoms with Gasteiger partial charge in [0, 0.05) is 31.7 Å². The maximum Gasteiger partial charge on any atom is 0.254 e. The van der Waals surface area contributed by atoms with E-state index in [9.17, 15) is 17.6 Å². The lowest BCUT2D eigenvalue weighted by Crippen LogP contribution is -2.50. The van der Waals surface area contributed by atoms with Gasteiger partial charge in [-0.15, -0.1) is 0 Å². The minimum atomic E-state index is -3.88. The minimum Gasteiger partial charge on any atom is -0.336 e. The molecule has 5 nitrogen and oxygen atoms in total. The summed E-state index contributed by atoms with van der Waals surface area (Å²) in [5, 5.41) is 0.104. The third-order valence-corrected chi connectivity index (χ3v) is 7.32. The van der Waals surface area contributed by atoms with E-state index in [1.54, 1.807) is 25.1 Å². The van der Waals surface area contributed by atoms with Crippen LogP contribution in [-0.2, 0) is 10.0 Å². The molecule has 0 saturated carbocycles. The second-order valence-electron chi connectivity index (χ2n) is 6.21. The van der Waals surface area contributed by atoms with Gasteiger partial charge in [0.1, 0.15) is 10.7 Å². The van der Waals surface area contributed by atoms with E-state index in [-0.39, 0.29) is 52.6 Å². The van der Waals surface area contributed by atoms with E-state index in [2.05, 4.69) is 0 Å². The van der Waals surface area contributed by atoms with E-state index in [1.807, 2.05) is 0 Å². The van der Waals surface area contributed by atoms with Gasteiger partial charge in [0.25, 0.3) is 5.91 Å². The fourth-order valence-electron chi connectivity index (χ4n) is 2.90. The van der Waals surface area contributed by atoms with Gasteiger partial charge in [0.2, 0.25) is 10.0 Å². The van der Waals surface area contributed by atoms with Gasteiger partial charge < -0.3 is 4.90 Å². The van der Waals surface area contributed by atoms with E-state index in [0.29, 0.717) is 5.56 Å². The lowest BCUT2D eigenvalue weighted by molar-refractivity contribution is 0.0697. The Labute approximate surface area is 167 Å². The molecule has 3 rings (SSSR count). The van der Waals surface area contributed by atoms with Crippen molar-refractivity contribution in [3.05, 3.63) is 63.4 Å². The molecule has 1 aliphatic rings. The Morgan fingerprint density at radius 3 is 2.19 bits per heavy atom. The molecule has 1 amide bonds. The maximum absolute atomic E-state index is 13.7. The lowest BCUT2D eigenvalue weighted by atomic mass is 10.1. The number of rotatable bonds is 3. The smallest absolute Gasteiger partial charge is 0.254 e. The summed E-state index contributed by atoms with van der Waals surface area (Å²) in [6.45, 7) is 2.20. The highest BCUT2D eigenvalue weighted by molar-refractivity contribution is 7.89. The Kier molecular flexibility index (Phi) is 5.76. The number of nitrogens with zero attached hydrogens (tertiary/aromatic N) is 2. The molecular formula is C18H17Cl2FN2O3S. The molecule has 1 aliphatic heterocycles. The number of sulfonamides is 1. The molecular weight excluding hydrogens is 414 g/mol. The molecule has 0 spiro atoms. The van der Waals surface area contributed by atoms with Crippen molar-refractivity contribution >= 4 is 39.1 Å². The molecule has 0 unspecified atom stereocenters. The summed E-state index contributed by atoms with van der Waals surface area (Å²) >= 11 is 12.1. The molecule has 1 heterocycles. The van der Waals surface area contributed by atoms with Crippen LogP contribution in [0.15, 0.2) is 41.3 Å². The number of carbonyl (C=O) groups excluding carboxylic acids is 1. The molecule has 0 aliphatic carbocycles. The largest absolute Gasteiger partial charge is 0.336 e. The molecule has 0 N–H and O–H groups in total. The highest BCUT2D eigenvalue weighted by atomic mass is 35.5. The van der Waals surface area contributed by atoms with Crippen LogP contribution >= 0.6 is 23.2 Å². The zero-order valence-corrected chi connectivity index (χ0v) is 16.8. The zero-order valence-electron chi connectivity index (χ0n) is 14.5. The van der Waals surface area contributed by atoms with Gasteiger partial charge in [0.05, 0.1) is 10.0 Å². The Morgan fingerprint density at radius 1 is 1.04 bits per heavy atom. The van der Waals surface area contributed by atoms with Gasteiger partial charge in [0.15, 0.2) is 0 Å². The molecule has 1 fully saturated rings. The fraction of sp³-hybridized carbons (Fsp3) is 0.278. The van der Waals surface area contributed by atoms with Crippen molar-refractivity contribution in [3.63, 3.8) is 0 Å². The Hall–Kier alpha value is -1.67. The molecule has 144 valence electrons. The minimum absolute atomic E-state index is 0.0520. The number of halogens is 3. The predicted octanol–water partition coefficient (Wildman–Crippen LogP) is 3.59. The predicted molar refractivity (Wildman–Crippen MR) is 102 cm³/mol. The summed E-state index contributed by atoms with van der Waals surface area (Å²) in [5.74, 6) is -0.780. The molecule has 27 heavy (non-hydrogen) atoms. The van der Waals surface area contributed by atoms with Crippen LogP contribution in [0.5, 0.6) is 0 Å². The van der Waals surface area contributed by atoms with Crippen LogP contribution in [0.4, 0.5) is 4.39 Å². The van der Waals surface area contributed by atoms with Crippen LogP contribution in [0.2, 0.25) is 10.0 Å². The Bertz CT molecular complexity index is 970. The van der Waals surface area contributed by atoms with E-state index in [4.69, 9.17) is 23.2 Å². The first-order valence-corrected chi connectivity index (χ1v) is 10.4. The van der Waals surface area contributed by atoms with Crippen molar-refractivity contribution in [1.82, 2.24) is 9.21 Å². The van der Waals surface area contributed by atoms with Crippen LogP contribution < -0.4 is 0 Å². The number of piperazine rings is 1. The zero-order chi connectivity index (χ0) is 19.8. The van der Waals surface area contributed by atoms with Crippen molar-refractivity contribution in [1.29, 1.82) is 0 Å². The van der Waals surface area contributed by atoms with Crippen LogP contribution in [0, 0.1) is 12.7 Å². The first-order chi connectivity index (χ1) is 12.7. The molecule has 0 bridgehead atoms. The highest BCUT2D eigenvalue weighted by Gasteiger charge is 2.33. The summed E-state index contributed by atoms with van der Waals surface area (Å²) in [6.07, 6.45) is 0. The van der Waals surface area contributed by atoms with Gasteiger partial charge in [-0.2, -0.15) is 4.31 Å². The molecule has 2 aromatic rings. The van der Waals surface area contributed by atoms with E-state index < -0.39 is 15.8 Å². The van der Waals surface area contributed by atoms with Crippen LogP contribution in [-0.4, -0.2) is 49.7 Å².